The molecule has 0 spiro atoms. The van der Waals surface area contributed by atoms with Crippen molar-refractivity contribution >= 4 is 22.9 Å². The summed E-state index contributed by atoms with van der Waals surface area (Å²) in [5.74, 6) is 0. The van der Waals surface area contributed by atoms with Gasteiger partial charge in [-0.3, -0.25) is 0 Å². The second-order valence-electron chi connectivity index (χ2n) is 2.12. The predicted molar refractivity (Wildman–Crippen MR) is 51.8 cm³/mol. The predicted octanol–water partition coefficient (Wildman–Crippen LogP) is 1.72. The van der Waals surface area contributed by atoms with Gasteiger partial charge < -0.3 is 8.22 Å². The first kappa shape index (κ1) is 9.97. The summed E-state index contributed by atoms with van der Waals surface area (Å²) in [6.45, 7) is 5.74. The largest absolute Gasteiger partial charge is 0.392 e. The highest BCUT2D eigenvalue weighted by atomic mass is 127. The third-order valence-electron chi connectivity index (χ3n) is 1.06. The van der Waals surface area contributed by atoms with Crippen molar-refractivity contribution < 1.29 is 5.11 Å². The quantitative estimate of drug-likeness (QED) is 0.470. The van der Waals surface area contributed by atoms with Crippen LogP contribution in [0.4, 0.5) is 0 Å². The second kappa shape index (κ2) is 4.73. The van der Waals surface area contributed by atoms with Crippen molar-refractivity contribution in [1.29, 1.82) is 0 Å². The topological polar surface area (TPSA) is 23.5 Å². The van der Waals surface area contributed by atoms with Crippen LogP contribution in [0.1, 0.15) is 6.92 Å². The van der Waals surface area contributed by atoms with Crippen LogP contribution in [-0.4, -0.2) is 21.9 Å². The Morgan fingerprint density at radius 3 is 2.60 bits per heavy atom. The SMILES string of the molecule is C=C(/C=C(\C)CO)N(C)I. The van der Waals surface area contributed by atoms with E-state index in [1.54, 1.807) is 0 Å². The van der Waals surface area contributed by atoms with E-state index in [1.165, 1.54) is 0 Å². The molecule has 0 saturated heterocycles. The van der Waals surface area contributed by atoms with Gasteiger partial charge in [-0.15, -0.1) is 0 Å². The Balaban J connectivity index is 4.00. The molecule has 0 amide bonds. The first-order valence-electron chi connectivity index (χ1n) is 2.94. The van der Waals surface area contributed by atoms with Crippen molar-refractivity contribution in [3.8, 4) is 0 Å². The average molecular weight is 253 g/mol. The molecule has 10 heavy (non-hydrogen) atoms. The van der Waals surface area contributed by atoms with Crippen LogP contribution < -0.4 is 0 Å². The zero-order chi connectivity index (χ0) is 8.15. The molecule has 0 aromatic rings. The second-order valence-corrected chi connectivity index (χ2v) is 3.56. The fourth-order valence-electron chi connectivity index (χ4n) is 0.419. The first-order valence-corrected chi connectivity index (χ1v) is 3.91. The Labute approximate surface area is 75.7 Å². The van der Waals surface area contributed by atoms with E-state index in [4.69, 9.17) is 5.11 Å². The Morgan fingerprint density at radius 2 is 2.30 bits per heavy atom. The number of aliphatic hydroxyl groups is 1. The Kier molecular flexibility index (Phi) is 4.72. The number of allylic oxidation sites excluding steroid dienone is 1. The van der Waals surface area contributed by atoms with Gasteiger partial charge in [-0.25, -0.2) is 0 Å². The van der Waals surface area contributed by atoms with E-state index >= 15 is 0 Å². The standard InChI is InChI=1S/C7H12INO/c1-6(5-10)4-7(2)9(3)8/h4,10H,2,5H2,1,3H3/b6-4+. The lowest BCUT2D eigenvalue weighted by Gasteiger charge is -2.09. The van der Waals surface area contributed by atoms with Gasteiger partial charge in [-0.2, -0.15) is 0 Å². The van der Waals surface area contributed by atoms with E-state index in [-0.39, 0.29) is 6.61 Å². The fraction of sp³-hybridized carbons (Fsp3) is 0.429. The Morgan fingerprint density at radius 1 is 1.80 bits per heavy atom. The summed E-state index contributed by atoms with van der Waals surface area (Å²) in [6, 6.07) is 0. The van der Waals surface area contributed by atoms with Gasteiger partial charge in [0.1, 0.15) is 0 Å². The van der Waals surface area contributed by atoms with Crippen LogP contribution in [0.3, 0.4) is 0 Å². The average Bonchev–Trinajstić information content (AvgIpc) is 1.87. The lowest BCUT2D eigenvalue weighted by Crippen LogP contribution is -2.00. The maximum absolute atomic E-state index is 8.64. The molecule has 0 unspecified atom stereocenters. The molecule has 0 aromatic heterocycles. The van der Waals surface area contributed by atoms with Crippen LogP contribution in [0.15, 0.2) is 23.9 Å². The van der Waals surface area contributed by atoms with E-state index in [0.29, 0.717) is 0 Å². The molecule has 0 saturated carbocycles. The zero-order valence-electron chi connectivity index (χ0n) is 6.26. The number of aliphatic hydroxyl groups excluding tert-OH is 1. The van der Waals surface area contributed by atoms with E-state index < -0.39 is 0 Å². The highest BCUT2D eigenvalue weighted by Crippen LogP contribution is 2.08. The molecule has 0 radical (unpaired) electrons. The highest BCUT2D eigenvalue weighted by Gasteiger charge is 1.92. The van der Waals surface area contributed by atoms with Gasteiger partial charge in [-0.1, -0.05) is 6.58 Å². The minimum Gasteiger partial charge on any atom is -0.392 e. The van der Waals surface area contributed by atoms with Gasteiger partial charge in [0.15, 0.2) is 0 Å². The maximum Gasteiger partial charge on any atom is 0.0642 e. The van der Waals surface area contributed by atoms with Gasteiger partial charge >= 0.3 is 0 Å². The van der Waals surface area contributed by atoms with Crippen molar-refractivity contribution in [2.24, 2.45) is 0 Å². The minimum absolute atomic E-state index is 0.101. The maximum atomic E-state index is 8.64. The lowest BCUT2D eigenvalue weighted by atomic mass is 10.3. The molecule has 58 valence electrons. The summed E-state index contributed by atoms with van der Waals surface area (Å²) < 4.78 is 1.87. The highest BCUT2D eigenvalue weighted by molar-refractivity contribution is 14.1. The Bertz CT molecular complexity index is 152. The smallest absolute Gasteiger partial charge is 0.0642 e. The van der Waals surface area contributed by atoms with Crippen molar-refractivity contribution in [1.82, 2.24) is 3.11 Å². The van der Waals surface area contributed by atoms with E-state index in [0.717, 1.165) is 11.3 Å². The molecule has 0 aliphatic rings. The molecule has 0 aliphatic carbocycles. The van der Waals surface area contributed by atoms with Crippen LogP contribution in [0.25, 0.3) is 0 Å². The van der Waals surface area contributed by atoms with Gasteiger partial charge in [0.2, 0.25) is 0 Å². The van der Waals surface area contributed by atoms with Crippen molar-refractivity contribution in [2.45, 2.75) is 6.92 Å². The van der Waals surface area contributed by atoms with E-state index in [1.807, 2.05) is 23.2 Å². The third kappa shape index (κ3) is 3.90. The zero-order valence-corrected chi connectivity index (χ0v) is 8.42. The van der Waals surface area contributed by atoms with E-state index in [9.17, 15) is 0 Å². The third-order valence-corrected chi connectivity index (χ3v) is 1.68. The molecule has 0 fully saturated rings. The normalized spacial score (nSPS) is 11.4. The number of halogens is 1. The van der Waals surface area contributed by atoms with Crippen LogP contribution >= 0.6 is 22.9 Å². The summed E-state index contributed by atoms with van der Waals surface area (Å²) in [4.78, 5) is 0. The molecule has 0 heterocycles. The van der Waals surface area contributed by atoms with E-state index in [2.05, 4.69) is 29.4 Å². The molecule has 2 nitrogen and oxygen atoms in total. The first-order chi connectivity index (χ1) is 4.57. The number of likely N-dealkylation sites (N-methyl/N-ethyl adjacent to an activating group) is 1. The van der Waals surface area contributed by atoms with Gasteiger partial charge in [0, 0.05) is 12.7 Å². The van der Waals surface area contributed by atoms with Crippen LogP contribution in [0, 0.1) is 0 Å². The fourth-order valence-corrected chi connectivity index (χ4v) is 0.558. The summed E-state index contributed by atoms with van der Waals surface area (Å²) in [5.41, 5.74) is 1.82. The molecule has 0 aliphatic heterocycles. The Hall–Kier alpha value is -0.0300. The number of rotatable bonds is 3. The van der Waals surface area contributed by atoms with Crippen molar-refractivity contribution in [3.63, 3.8) is 0 Å². The van der Waals surface area contributed by atoms with Gasteiger partial charge in [-0.05, 0) is 18.6 Å². The molecule has 0 bridgehead atoms. The monoisotopic (exact) mass is 253 g/mol. The molecule has 3 heteroatoms. The number of hydrogen-bond acceptors (Lipinski definition) is 2. The molecule has 0 aromatic carbocycles. The van der Waals surface area contributed by atoms with Crippen LogP contribution in [0.5, 0.6) is 0 Å². The van der Waals surface area contributed by atoms with Gasteiger partial charge in [0.05, 0.1) is 29.5 Å². The van der Waals surface area contributed by atoms with Crippen LogP contribution in [-0.2, 0) is 0 Å². The number of hydrogen-bond donors (Lipinski definition) is 1. The summed E-state index contributed by atoms with van der Waals surface area (Å²) in [5, 5.41) is 8.64. The molecule has 0 rings (SSSR count). The lowest BCUT2D eigenvalue weighted by molar-refractivity contribution is 0.331. The number of nitrogens with zero attached hydrogens (tertiary/aromatic N) is 1. The summed E-state index contributed by atoms with van der Waals surface area (Å²) in [6.07, 6.45) is 1.85. The molecule has 1 N–H and O–H groups in total. The van der Waals surface area contributed by atoms with Crippen molar-refractivity contribution in [3.05, 3.63) is 23.9 Å². The van der Waals surface area contributed by atoms with Gasteiger partial charge in [0.25, 0.3) is 0 Å². The minimum atomic E-state index is 0.101. The molecular weight excluding hydrogens is 241 g/mol. The van der Waals surface area contributed by atoms with Crippen LogP contribution in [0.2, 0.25) is 0 Å². The summed E-state index contributed by atoms with van der Waals surface area (Å²) >= 11 is 2.13. The summed E-state index contributed by atoms with van der Waals surface area (Å²) in [7, 11) is 1.91. The van der Waals surface area contributed by atoms with Crippen molar-refractivity contribution in [2.75, 3.05) is 13.7 Å². The molecule has 0 atom stereocenters. The molecular formula is C7H12INO.